The Hall–Kier alpha value is -1.65. The summed E-state index contributed by atoms with van der Waals surface area (Å²) in [6, 6.07) is 15.1. The molecule has 104 valence electrons. The number of hydrogen-bond donors (Lipinski definition) is 2. The lowest BCUT2D eigenvalue weighted by molar-refractivity contribution is -0.120. The lowest BCUT2D eigenvalue weighted by Gasteiger charge is -2.24. The van der Waals surface area contributed by atoms with Gasteiger partial charge < -0.3 is 11.1 Å². The van der Waals surface area contributed by atoms with Crippen LogP contribution < -0.4 is 11.1 Å². The van der Waals surface area contributed by atoms with E-state index in [0.717, 1.165) is 21.3 Å². The maximum absolute atomic E-state index is 12.4. The Bertz CT molecular complexity index is 624. The highest BCUT2D eigenvalue weighted by Crippen LogP contribution is 2.24. The number of benzene rings is 2. The second kappa shape index (κ2) is 5.77. The minimum absolute atomic E-state index is 0.232. The highest BCUT2D eigenvalue weighted by atomic mass is 79.9. The van der Waals surface area contributed by atoms with Crippen molar-refractivity contribution in [2.75, 3.05) is 5.32 Å². The van der Waals surface area contributed by atoms with Crippen LogP contribution in [0, 0.1) is 6.92 Å². The molecule has 0 aliphatic heterocycles. The standard InChI is InChI=1S/C16H17BrN2O/c1-11-8-9-13(17)10-14(11)19-15(20)16(2,18)12-6-4-3-5-7-12/h3-10H,18H2,1-2H3,(H,19,20). The van der Waals surface area contributed by atoms with Crippen LogP contribution in [0.1, 0.15) is 18.1 Å². The first-order chi connectivity index (χ1) is 9.41. The van der Waals surface area contributed by atoms with E-state index in [2.05, 4.69) is 21.2 Å². The molecular weight excluding hydrogens is 316 g/mol. The summed E-state index contributed by atoms with van der Waals surface area (Å²) in [5.74, 6) is -0.232. The molecule has 0 fully saturated rings. The molecule has 0 aliphatic rings. The van der Waals surface area contributed by atoms with E-state index in [1.807, 2.05) is 55.5 Å². The molecule has 0 heterocycles. The molecule has 0 saturated carbocycles. The zero-order chi connectivity index (χ0) is 14.8. The number of amides is 1. The van der Waals surface area contributed by atoms with Crippen molar-refractivity contribution >= 4 is 27.5 Å². The summed E-state index contributed by atoms with van der Waals surface area (Å²) in [6.07, 6.45) is 0. The number of hydrogen-bond acceptors (Lipinski definition) is 2. The average molecular weight is 333 g/mol. The molecule has 1 unspecified atom stereocenters. The largest absolute Gasteiger partial charge is 0.324 e. The van der Waals surface area contributed by atoms with Gasteiger partial charge in [0.15, 0.2) is 0 Å². The van der Waals surface area contributed by atoms with E-state index in [1.54, 1.807) is 6.92 Å². The Labute approximate surface area is 127 Å². The molecule has 0 aliphatic carbocycles. The van der Waals surface area contributed by atoms with Crippen LogP contribution in [0.15, 0.2) is 53.0 Å². The predicted octanol–water partition coefficient (Wildman–Crippen LogP) is 3.57. The van der Waals surface area contributed by atoms with E-state index in [1.165, 1.54) is 0 Å². The fourth-order valence-electron chi connectivity index (χ4n) is 1.90. The molecule has 0 spiro atoms. The van der Waals surface area contributed by atoms with E-state index >= 15 is 0 Å². The van der Waals surface area contributed by atoms with Crippen LogP contribution in [-0.4, -0.2) is 5.91 Å². The van der Waals surface area contributed by atoms with Gasteiger partial charge in [-0.15, -0.1) is 0 Å². The van der Waals surface area contributed by atoms with Gasteiger partial charge in [-0.25, -0.2) is 0 Å². The molecular formula is C16H17BrN2O. The van der Waals surface area contributed by atoms with Crippen LogP contribution >= 0.6 is 15.9 Å². The first kappa shape index (κ1) is 14.8. The van der Waals surface area contributed by atoms with E-state index in [9.17, 15) is 4.79 Å². The minimum Gasteiger partial charge on any atom is -0.324 e. The minimum atomic E-state index is -1.07. The summed E-state index contributed by atoms with van der Waals surface area (Å²) in [6.45, 7) is 3.66. The fourth-order valence-corrected chi connectivity index (χ4v) is 2.26. The third-order valence-electron chi connectivity index (χ3n) is 3.29. The summed E-state index contributed by atoms with van der Waals surface area (Å²) >= 11 is 3.40. The molecule has 1 amide bonds. The highest BCUT2D eigenvalue weighted by Gasteiger charge is 2.30. The number of nitrogens with one attached hydrogen (secondary N) is 1. The molecule has 0 aromatic heterocycles. The quantitative estimate of drug-likeness (QED) is 0.902. The lowest BCUT2D eigenvalue weighted by atomic mass is 9.92. The summed E-state index contributed by atoms with van der Waals surface area (Å²) in [4.78, 5) is 12.4. The Morgan fingerprint density at radius 1 is 1.20 bits per heavy atom. The summed E-state index contributed by atoms with van der Waals surface area (Å²) < 4.78 is 0.914. The van der Waals surface area contributed by atoms with Crippen LogP contribution in [0.2, 0.25) is 0 Å². The zero-order valence-electron chi connectivity index (χ0n) is 11.5. The number of aryl methyl sites for hydroxylation is 1. The number of rotatable bonds is 3. The van der Waals surface area contributed by atoms with Crippen molar-refractivity contribution in [1.82, 2.24) is 0 Å². The maximum atomic E-state index is 12.4. The average Bonchev–Trinajstić information content (AvgIpc) is 2.43. The number of anilines is 1. The Balaban J connectivity index is 2.26. The van der Waals surface area contributed by atoms with Gasteiger partial charge in [0.2, 0.25) is 5.91 Å². The number of halogens is 1. The molecule has 0 radical (unpaired) electrons. The monoisotopic (exact) mass is 332 g/mol. The first-order valence-corrected chi connectivity index (χ1v) is 7.12. The van der Waals surface area contributed by atoms with Crippen molar-refractivity contribution in [2.24, 2.45) is 5.73 Å². The lowest BCUT2D eigenvalue weighted by Crippen LogP contribution is -2.45. The number of carbonyl (C=O) groups excluding carboxylic acids is 1. The van der Waals surface area contributed by atoms with Gasteiger partial charge >= 0.3 is 0 Å². The van der Waals surface area contributed by atoms with Crippen LogP contribution in [0.5, 0.6) is 0 Å². The van der Waals surface area contributed by atoms with Gasteiger partial charge in [-0.1, -0.05) is 52.3 Å². The molecule has 0 saturated heterocycles. The van der Waals surface area contributed by atoms with Crippen molar-refractivity contribution in [2.45, 2.75) is 19.4 Å². The van der Waals surface area contributed by atoms with Gasteiger partial charge in [-0.05, 0) is 37.1 Å². The number of carbonyl (C=O) groups is 1. The van der Waals surface area contributed by atoms with Crippen LogP contribution in [-0.2, 0) is 10.3 Å². The summed E-state index contributed by atoms with van der Waals surface area (Å²) in [5.41, 5.74) is 7.66. The molecule has 0 bridgehead atoms. The molecule has 20 heavy (non-hydrogen) atoms. The van der Waals surface area contributed by atoms with Crippen LogP contribution in [0.3, 0.4) is 0 Å². The highest BCUT2D eigenvalue weighted by molar-refractivity contribution is 9.10. The second-order valence-electron chi connectivity index (χ2n) is 4.98. The molecule has 2 aromatic carbocycles. The van der Waals surface area contributed by atoms with Gasteiger partial charge in [-0.3, -0.25) is 4.79 Å². The van der Waals surface area contributed by atoms with E-state index in [0.29, 0.717) is 0 Å². The van der Waals surface area contributed by atoms with Gasteiger partial charge in [0.1, 0.15) is 5.54 Å². The van der Waals surface area contributed by atoms with Crippen molar-refractivity contribution < 1.29 is 4.79 Å². The van der Waals surface area contributed by atoms with Gasteiger partial charge in [0.25, 0.3) is 0 Å². The van der Waals surface area contributed by atoms with E-state index in [4.69, 9.17) is 5.73 Å². The Morgan fingerprint density at radius 2 is 1.85 bits per heavy atom. The first-order valence-electron chi connectivity index (χ1n) is 6.33. The van der Waals surface area contributed by atoms with E-state index in [-0.39, 0.29) is 5.91 Å². The topological polar surface area (TPSA) is 55.1 Å². The van der Waals surface area contributed by atoms with Crippen LogP contribution in [0.4, 0.5) is 5.69 Å². The molecule has 3 N–H and O–H groups in total. The molecule has 1 atom stereocenters. The van der Waals surface area contributed by atoms with Crippen LogP contribution in [0.25, 0.3) is 0 Å². The Morgan fingerprint density at radius 3 is 2.50 bits per heavy atom. The number of nitrogens with two attached hydrogens (primary N) is 1. The zero-order valence-corrected chi connectivity index (χ0v) is 13.1. The third kappa shape index (κ3) is 3.08. The van der Waals surface area contributed by atoms with Gasteiger partial charge in [-0.2, -0.15) is 0 Å². The SMILES string of the molecule is Cc1ccc(Br)cc1NC(=O)C(C)(N)c1ccccc1. The third-order valence-corrected chi connectivity index (χ3v) is 3.79. The molecule has 3 nitrogen and oxygen atoms in total. The summed E-state index contributed by atoms with van der Waals surface area (Å²) in [5, 5.41) is 2.90. The van der Waals surface area contributed by atoms with Gasteiger partial charge in [0.05, 0.1) is 0 Å². The normalized spacial score (nSPS) is 13.6. The molecule has 2 aromatic rings. The van der Waals surface area contributed by atoms with Crippen molar-refractivity contribution in [3.63, 3.8) is 0 Å². The van der Waals surface area contributed by atoms with Crippen molar-refractivity contribution in [3.05, 3.63) is 64.1 Å². The van der Waals surface area contributed by atoms with Crippen molar-refractivity contribution in [1.29, 1.82) is 0 Å². The predicted molar refractivity (Wildman–Crippen MR) is 85.5 cm³/mol. The summed E-state index contributed by atoms with van der Waals surface area (Å²) in [7, 11) is 0. The van der Waals surface area contributed by atoms with E-state index < -0.39 is 5.54 Å². The molecule has 4 heteroatoms. The molecule has 2 rings (SSSR count). The Kier molecular flexibility index (Phi) is 4.26. The maximum Gasteiger partial charge on any atom is 0.248 e. The van der Waals surface area contributed by atoms with Crippen molar-refractivity contribution in [3.8, 4) is 0 Å². The van der Waals surface area contributed by atoms with Gasteiger partial charge in [0, 0.05) is 10.2 Å². The second-order valence-corrected chi connectivity index (χ2v) is 5.90. The smallest absolute Gasteiger partial charge is 0.248 e. The fraction of sp³-hybridized carbons (Fsp3) is 0.188.